The topological polar surface area (TPSA) is 52.7 Å². The van der Waals surface area contributed by atoms with Crippen molar-refractivity contribution in [3.8, 4) is 0 Å². The summed E-state index contributed by atoms with van der Waals surface area (Å²) in [6, 6.07) is 17.8. The lowest BCUT2D eigenvalue weighted by Gasteiger charge is -2.29. The fourth-order valence-corrected chi connectivity index (χ4v) is 4.15. The summed E-state index contributed by atoms with van der Waals surface area (Å²) >= 11 is 0. The Labute approximate surface area is 180 Å². The van der Waals surface area contributed by atoms with Gasteiger partial charge in [0.25, 0.3) is 5.91 Å². The van der Waals surface area contributed by atoms with E-state index in [1.54, 1.807) is 0 Å². The number of amides is 3. The summed E-state index contributed by atoms with van der Waals surface area (Å²) in [5.74, 6) is 0.579. The first kappa shape index (κ1) is 22.0. The molecule has 1 fully saturated rings. The van der Waals surface area contributed by atoms with Crippen LogP contribution >= 0.6 is 0 Å². The van der Waals surface area contributed by atoms with Crippen LogP contribution < -0.4 is 5.32 Å². The van der Waals surface area contributed by atoms with Crippen LogP contribution in [0.1, 0.15) is 56.7 Å². The van der Waals surface area contributed by atoms with Crippen LogP contribution in [0.3, 0.4) is 0 Å². The SMILES string of the molecule is CC(C)C[C@]1(c2ccccc2)NC(=O)N(CN(C)Cc2ccc(C(C)C)cc2)C1=O. The third-order valence-corrected chi connectivity index (χ3v) is 5.64. The van der Waals surface area contributed by atoms with Gasteiger partial charge < -0.3 is 5.32 Å². The van der Waals surface area contributed by atoms with Crippen LogP contribution in [0.2, 0.25) is 0 Å². The molecule has 0 saturated carbocycles. The molecule has 1 aliphatic rings. The number of carbonyl (C=O) groups excluding carboxylic acids is 2. The lowest BCUT2D eigenvalue weighted by atomic mass is 9.82. The molecule has 2 aromatic carbocycles. The molecular formula is C25H33N3O2. The predicted octanol–water partition coefficient (Wildman–Crippen LogP) is 4.69. The number of benzene rings is 2. The molecule has 5 heteroatoms. The third-order valence-electron chi connectivity index (χ3n) is 5.64. The van der Waals surface area contributed by atoms with Crippen LogP contribution in [-0.4, -0.2) is 35.5 Å². The molecule has 2 aromatic rings. The number of nitrogens with zero attached hydrogens (tertiary/aromatic N) is 2. The quantitative estimate of drug-likeness (QED) is 0.646. The van der Waals surface area contributed by atoms with Crippen molar-refractivity contribution in [2.24, 2.45) is 5.92 Å². The van der Waals surface area contributed by atoms with Crippen LogP contribution in [0, 0.1) is 5.92 Å². The molecule has 1 atom stereocenters. The lowest BCUT2D eigenvalue weighted by Crippen LogP contribution is -2.46. The van der Waals surface area contributed by atoms with Crippen molar-refractivity contribution >= 4 is 11.9 Å². The first-order valence-electron chi connectivity index (χ1n) is 10.7. The molecule has 5 nitrogen and oxygen atoms in total. The minimum absolute atomic E-state index is 0.172. The van der Waals surface area contributed by atoms with E-state index in [0.717, 1.165) is 11.1 Å². The number of imide groups is 1. The molecule has 1 saturated heterocycles. The van der Waals surface area contributed by atoms with E-state index in [4.69, 9.17) is 0 Å². The van der Waals surface area contributed by atoms with Gasteiger partial charge >= 0.3 is 6.03 Å². The van der Waals surface area contributed by atoms with Gasteiger partial charge in [0.2, 0.25) is 0 Å². The van der Waals surface area contributed by atoms with Gasteiger partial charge in [-0.25, -0.2) is 9.69 Å². The number of hydrogen-bond acceptors (Lipinski definition) is 3. The molecule has 0 spiro atoms. The minimum Gasteiger partial charge on any atom is -0.319 e. The standard InChI is InChI=1S/C25H33N3O2/c1-18(2)15-25(22-9-7-6-8-10-22)23(29)28(24(30)26-25)17-27(5)16-20-11-13-21(14-12-20)19(3)4/h6-14,18-19H,15-17H2,1-5H3,(H,26,30)/t25-/m1/s1. The fraction of sp³-hybridized carbons (Fsp3) is 0.440. The third kappa shape index (κ3) is 4.57. The van der Waals surface area contributed by atoms with Crippen molar-refractivity contribution in [2.45, 2.75) is 52.1 Å². The number of urea groups is 1. The number of rotatable bonds is 8. The predicted molar refractivity (Wildman–Crippen MR) is 120 cm³/mol. The summed E-state index contributed by atoms with van der Waals surface area (Å²) in [4.78, 5) is 29.7. The summed E-state index contributed by atoms with van der Waals surface area (Å²) in [6.07, 6.45) is 0.568. The maximum atomic E-state index is 13.5. The van der Waals surface area contributed by atoms with E-state index in [2.05, 4.69) is 57.3 Å². The molecule has 1 aliphatic heterocycles. The highest BCUT2D eigenvalue weighted by Gasteiger charge is 2.52. The number of carbonyl (C=O) groups is 2. The number of hydrogen-bond donors (Lipinski definition) is 1. The van der Waals surface area contributed by atoms with Crippen molar-refractivity contribution < 1.29 is 9.59 Å². The highest BCUT2D eigenvalue weighted by molar-refractivity contribution is 6.07. The van der Waals surface area contributed by atoms with Crippen molar-refractivity contribution in [3.05, 3.63) is 71.3 Å². The largest absolute Gasteiger partial charge is 0.326 e. The van der Waals surface area contributed by atoms with Gasteiger partial charge in [-0.05, 0) is 42.0 Å². The van der Waals surface area contributed by atoms with Gasteiger partial charge in [0.05, 0.1) is 6.67 Å². The Bertz CT molecular complexity index is 877. The normalized spacial score (nSPS) is 19.3. The molecule has 1 heterocycles. The molecular weight excluding hydrogens is 374 g/mol. The zero-order valence-electron chi connectivity index (χ0n) is 18.7. The Hall–Kier alpha value is -2.66. The monoisotopic (exact) mass is 407 g/mol. The molecule has 3 rings (SSSR count). The van der Waals surface area contributed by atoms with Crippen LogP contribution in [0.25, 0.3) is 0 Å². The molecule has 0 aromatic heterocycles. The van der Waals surface area contributed by atoms with E-state index in [-0.39, 0.29) is 24.5 Å². The highest BCUT2D eigenvalue weighted by atomic mass is 16.2. The molecule has 0 unspecified atom stereocenters. The second kappa shape index (κ2) is 9.00. The second-order valence-corrected chi connectivity index (χ2v) is 9.08. The van der Waals surface area contributed by atoms with Crippen molar-refractivity contribution in [1.82, 2.24) is 15.1 Å². The zero-order valence-corrected chi connectivity index (χ0v) is 18.7. The smallest absolute Gasteiger partial charge is 0.319 e. The van der Waals surface area contributed by atoms with Crippen LogP contribution in [0.4, 0.5) is 4.79 Å². The van der Waals surface area contributed by atoms with Gasteiger partial charge in [-0.1, -0.05) is 82.3 Å². The average molecular weight is 408 g/mol. The van der Waals surface area contributed by atoms with Crippen LogP contribution in [-0.2, 0) is 16.9 Å². The first-order valence-corrected chi connectivity index (χ1v) is 10.7. The Kier molecular flexibility index (Phi) is 6.61. The fourth-order valence-electron chi connectivity index (χ4n) is 4.15. The van der Waals surface area contributed by atoms with Gasteiger partial charge in [0.1, 0.15) is 5.54 Å². The minimum atomic E-state index is -0.994. The summed E-state index contributed by atoms with van der Waals surface area (Å²) in [5.41, 5.74) is 2.31. The van der Waals surface area contributed by atoms with E-state index in [1.165, 1.54) is 10.5 Å². The second-order valence-electron chi connectivity index (χ2n) is 9.08. The van der Waals surface area contributed by atoms with Crippen molar-refractivity contribution in [3.63, 3.8) is 0 Å². The Morgan fingerprint density at radius 3 is 2.17 bits per heavy atom. The maximum Gasteiger partial charge on any atom is 0.326 e. The highest BCUT2D eigenvalue weighted by Crippen LogP contribution is 2.35. The maximum absolute atomic E-state index is 13.5. The average Bonchev–Trinajstić information content (AvgIpc) is 2.93. The molecule has 0 radical (unpaired) electrons. The van der Waals surface area contributed by atoms with Gasteiger partial charge in [0, 0.05) is 6.54 Å². The Balaban J connectivity index is 1.76. The summed E-state index contributed by atoms with van der Waals surface area (Å²) in [6.45, 7) is 9.41. The van der Waals surface area contributed by atoms with Gasteiger partial charge in [-0.3, -0.25) is 9.69 Å². The zero-order chi connectivity index (χ0) is 21.9. The van der Waals surface area contributed by atoms with E-state index >= 15 is 0 Å². The summed E-state index contributed by atoms with van der Waals surface area (Å²) in [5, 5.41) is 3.01. The van der Waals surface area contributed by atoms with Gasteiger partial charge in [0.15, 0.2) is 0 Å². The van der Waals surface area contributed by atoms with Crippen LogP contribution in [0.15, 0.2) is 54.6 Å². The Morgan fingerprint density at radius 2 is 1.60 bits per heavy atom. The molecule has 3 amide bonds. The van der Waals surface area contributed by atoms with E-state index < -0.39 is 5.54 Å². The van der Waals surface area contributed by atoms with Crippen LogP contribution in [0.5, 0.6) is 0 Å². The molecule has 160 valence electrons. The summed E-state index contributed by atoms with van der Waals surface area (Å²) < 4.78 is 0. The van der Waals surface area contributed by atoms with E-state index in [9.17, 15) is 9.59 Å². The van der Waals surface area contributed by atoms with Crippen molar-refractivity contribution in [1.29, 1.82) is 0 Å². The summed E-state index contributed by atoms with van der Waals surface area (Å²) in [7, 11) is 1.93. The first-order chi connectivity index (χ1) is 14.2. The lowest BCUT2D eigenvalue weighted by molar-refractivity contribution is -0.133. The van der Waals surface area contributed by atoms with Gasteiger partial charge in [-0.15, -0.1) is 0 Å². The van der Waals surface area contributed by atoms with E-state index in [1.807, 2.05) is 42.3 Å². The number of nitrogens with one attached hydrogen (secondary N) is 1. The molecule has 30 heavy (non-hydrogen) atoms. The molecule has 0 bridgehead atoms. The van der Waals surface area contributed by atoms with E-state index in [0.29, 0.717) is 18.9 Å². The molecule has 1 N–H and O–H groups in total. The Morgan fingerprint density at radius 1 is 0.967 bits per heavy atom. The van der Waals surface area contributed by atoms with Crippen molar-refractivity contribution in [2.75, 3.05) is 13.7 Å². The molecule has 0 aliphatic carbocycles. The van der Waals surface area contributed by atoms with Gasteiger partial charge in [-0.2, -0.15) is 0 Å².